The average Bonchev–Trinajstić information content (AvgIpc) is 3.06. The van der Waals surface area contributed by atoms with Crippen molar-refractivity contribution in [2.75, 3.05) is 12.4 Å². The molecule has 0 saturated heterocycles. The van der Waals surface area contributed by atoms with Gasteiger partial charge in [0.05, 0.1) is 11.7 Å². The number of aliphatic hydroxyl groups excluding tert-OH is 1. The topological polar surface area (TPSA) is 60.2 Å². The lowest BCUT2D eigenvalue weighted by atomic mass is 10.1. The highest BCUT2D eigenvalue weighted by atomic mass is 32.2. The van der Waals surface area contributed by atoms with E-state index in [0.717, 1.165) is 11.3 Å². The molecule has 0 aliphatic rings. The summed E-state index contributed by atoms with van der Waals surface area (Å²) in [6, 6.07) is 14.1. The van der Waals surface area contributed by atoms with Crippen molar-refractivity contribution in [2.45, 2.75) is 17.7 Å². The van der Waals surface area contributed by atoms with Crippen molar-refractivity contribution < 1.29 is 14.2 Å². The average molecular weight is 399 g/mol. The molecule has 3 aromatic rings. The third kappa shape index (κ3) is 4.79. The number of ether oxygens (including phenoxy) is 1. The van der Waals surface area contributed by atoms with E-state index >= 15 is 0 Å². The Morgan fingerprint density at radius 1 is 1.21 bits per heavy atom. The molecule has 1 atom stereocenters. The quantitative estimate of drug-likeness (QED) is 0.437. The van der Waals surface area contributed by atoms with Crippen LogP contribution < -0.4 is 4.74 Å². The molecule has 1 unspecified atom stereocenters. The lowest BCUT2D eigenvalue weighted by molar-refractivity contribution is 0.126. The predicted octanol–water partition coefficient (Wildman–Crippen LogP) is 3.88. The van der Waals surface area contributed by atoms with Crippen LogP contribution in [0.25, 0.3) is 11.4 Å². The SMILES string of the molecule is C=CCc1ccccc1OCC(O)CSc1nnc(-c2ccccc2F)n1C. The second-order valence-electron chi connectivity index (χ2n) is 6.22. The van der Waals surface area contributed by atoms with Gasteiger partial charge in [0.1, 0.15) is 18.2 Å². The Hall–Kier alpha value is -2.64. The maximum Gasteiger partial charge on any atom is 0.191 e. The van der Waals surface area contributed by atoms with Gasteiger partial charge in [-0.3, -0.25) is 0 Å². The van der Waals surface area contributed by atoms with E-state index in [2.05, 4.69) is 16.8 Å². The van der Waals surface area contributed by atoms with Crippen molar-refractivity contribution in [1.82, 2.24) is 14.8 Å². The standard InChI is InChI=1S/C21H22FN3O2S/c1-3-8-15-9-4-7-12-19(15)27-13-16(26)14-28-21-24-23-20(25(21)2)17-10-5-6-11-18(17)22/h3-7,9-12,16,26H,1,8,13-14H2,2H3. The highest BCUT2D eigenvalue weighted by Crippen LogP contribution is 2.25. The van der Waals surface area contributed by atoms with Gasteiger partial charge in [0.2, 0.25) is 0 Å². The van der Waals surface area contributed by atoms with Crippen LogP contribution in [-0.2, 0) is 13.5 Å². The van der Waals surface area contributed by atoms with Crippen molar-refractivity contribution in [3.8, 4) is 17.1 Å². The highest BCUT2D eigenvalue weighted by Gasteiger charge is 2.16. The van der Waals surface area contributed by atoms with Gasteiger partial charge in [0, 0.05) is 12.8 Å². The minimum atomic E-state index is -0.685. The second-order valence-corrected chi connectivity index (χ2v) is 7.21. The number of aromatic nitrogens is 3. The molecule has 3 rings (SSSR count). The van der Waals surface area contributed by atoms with Gasteiger partial charge in [0.25, 0.3) is 0 Å². The zero-order valence-corrected chi connectivity index (χ0v) is 16.4. The first-order valence-corrected chi connectivity index (χ1v) is 9.85. The Bertz CT molecular complexity index is 945. The number of para-hydroxylation sites is 1. The summed E-state index contributed by atoms with van der Waals surface area (Å²) in [6.45, 7) is 3.91. The molecule has 28 heavy (non-hydrogen) atoms. The first-order valence-electron chi connectivity index (χ1n) is 8.87. The van der Waals surface area contributed by atoms with Crippen LogP contribution in [0.1, 0.15) is 5.56 Å². The summed E-state index contributed by atoms with van der Waals surface area (Å²) in [5.74, 6) is 1.23. The molecule has 0 radical (unpaired) electrons. The molecule has 1 N–H and O–H groups in total. The van der Waals surface area contributed by atoms with Crippen LogP contribution in [0.4, 0.5) is 4.39 Å². The molecule has 1 heterocycles. The molecule has 0 fully saturated rings. The number of hydrogen-bond acceptors (Lipinski definition) is 5. The van der Waals surface area contributed by atoms with Crippen molar-refractivity contribution in [3.05, 3.63) is 72.6 Å². The summed E-state index contributed by atoms with van der Waals surface area (Å²) in [7, 11) is 1.78. The number of benzene rings is 2. The summed E-state index contributed by atoms with van der Waals surface area (Å²) < 4.78 is 21.5. The molecule has 0 aliphatic heterocycles. The Kier molecular flexibility index (Phi) is 6.84. The van der Waals surface area contributed by atoms with Gasteiger partial charge in [-0.05, 0) is 30.2 Å². The van der Waals surface area contributed by atoms with Gasteiger partial charge < -0.3 is 14.4 Å². The Labute approximate surface area is 167 Å². The van der Waals surface area contributed by atoms with Crippen LogP contribution in [0, 0.1) is 5.82 Å². The number of nitrogens with zero attached hydrogens (tertiary/aromatic N) is 3. The zero-order chi connectivity index (χ0) is 19.9. The maximum absolute atomic E-state index is 14.0. The van der Waals surface area contributed by atoms with Crippen LogP contribution in [0.5, 0.6) is 5.75 Å². The summed E-state index contributed by atoms with van der Waals surface area (Å²) in [4.78, 5) is 0. The normalized spacial score (nSPS) is 12.0. The molecule has 0 aliphatic carbocycles. The van der Waals surface area contributed by atoms with Crippen molar-refractivity contribution in [1.29, 1.82) is 0 Å². The first-order chi connectivity index (χ1) is 13.6. The monoisotopic (exact) mass is 399 g/mol. The maximum atomic E-state index is 14.0. The Morgan fingerprint density at radius 2 is 1.96 bits per heavy atom. The molecule has 0 bridgehead atoms. The first kappa shape index (κ1) is 20.1. The third-order valence-electron chi connectivity index (χ3n) is 4.12. The lowest BCUT2D eigenvalue weighted by Gasteiger charge is -2.14. The van der Waals surface area contributed by atoms with Crippen molar-refractivity contribution in [3.63, 3.8) is 0 Å². The molecule has 5 nitrogen and oxygen atoms in total. The van der Waals surface area contributed by atoms with Crippen LogP contribution in [0.2, 0.25) is 0 Å². The van der Waals surface area contributed by atoms with E-state index in [-0.39, 0.29) is 12.4 Å². The largest absolute Gasteiger partial charge is 0.491 e. The lowest BCUT2D eigenvalue weighted by Crippen LogP contribution is -2.20. The second kappa shape index (κ2) is 9.52. The van der Waals surface area contributed by atoms with Gasteiger partial charge in [0.15, 0.2) is 11.0 Å². The molecule has 1 aromatic heterocycles. The zero-order valence-electron chi connectivity index (χ0n) is 15.6. The summed E-state index contributed by atoms with van der Waals surface area (Å²) >= 11 is 1.35. The summed E-state index contributed by atoms with van der Waals surface area (Å²) in [5, 5.41) is 19.1. The van der Waals surface area contributed by atoms with E-state index in [1.807, 2.05) is 30.3 Å². The Morgan fingerprint density at radius 3 is 2.75 bits per heavy atom. The van der Waals surface area contributed by atoms with E-state index in [9.17, 15) is 9.50 Å². The minimum Gasteiger partial charge on any atom is -0.491 e. The Balaban J connectivity index is 1.58. The molecule has 7 heteroatoms. The molecule has 146 valence electrons. The van der Waals surface area contributed by atoms with Gasteiger partial charge in [-0.25, -0.2) is 4.39 Å². The fourth-order valence-corrected chi connectivity index (χ4v) is 3.51. The van der Waals surface area contributed by atoms with E-state index < -0.39 is 6.10 Å². The van der Waals surface area contributed by atoms with Gasteiger partial charge in [-0.15, -0.1) is 16.8 Å². The number of hydrogen-bond donors (Lipinski definition) is 1. The highest BCUT2D eigenvalue weighted by molar-refractivity contribution is 7.99. The third-order valence-corrected chi connectivity index (χ3v) is 5.29. The fourth-order valence-electron chi connectivity index (χ4n) is 2.69. The molecule has 2 aromatic carbocycles. The van der Waals surface area contributed by atoms with Crippen LogP contribution in [0.3, 0.4) is 0 Å². The van der Waals surface area contributed by atoms with Crippen molar-refractivity contribution in [2.24, 2.45) is 7.05 Å². The molecular formula is C21H22FN3O2S. The molecular weight excluding hydrogens is 377 g/mol. The minimum absolute atomic E-state index is 0.166. The molecule has 0 spiro atoms. The fraction of sp³-hybridized carbons (Fsp3) is 0.238. The number of thioether (sulfide) groups is 1. The van der Waals surface area contributed by atoms with E-state index in [1.54, 1.807) is 29.8 Å². The predicted molar refractivity (Wildman–Crippen MR) is 109 cm³/mol. The number of allylic oxidation sites excluding steroid dienone is 1. The van der Waals surface area contributed by atoms with E-state index in [4.69, 9.17) is 4.74 Å². The van der Waals surface area contributed by atoms with Crippen LogP contribution in [-0.4, -0.2) is 38.3 Å². The van der Waals surface area contributed by atoms with Gasteiger partial charge in [-0.1, -0.05) is 48.2 Å². The number of aliphatic hydroxyl groups is 1. The summed E-state index contributed by atoms with van der Waals surface area (Å²) in [5.41, 5.74) is 1.42. The smallest absolute Gasteiger partial charge is 0.191 e. The number of halogens is 1. The van der Waals surface area contributed by atoms with Crippen LogP contribution in [0.15, 0.2) is 66.3 Å². The number of rotatable bonds is 9. The van der Waals surface area contributed by atoms with Gasteiger partial charge >= 0.3 is 0 Å². The molecule has 0 amide bonds. The van der Waals surface area contributed by atoms with E-state index in [0.29, 0.717) is 28.7 Å². The van der Waals surface area contributed by atoms with Crippen LogP contribution >= 0.6 is 11.8 Å². The summed E-state index contributed by atoms with van der Waals surface area (Å²) in [6.07, 6.45) is 1.84. The molecule has 0 saturated carbocycles. The van der Waals surface area contributed by atoms with Crippen molar-refractivity contribution >= 4 is 11.8 Å². The van der Waals surface area contributed by atoms with E-state index in [1.165, 1.54) is 17.8 Å². The van der Waals surface area contributed by atoms with Gasteiger partial charge in [-0.2, -0.15) is 0 Å².